The molecule has 1 saturated heterocycles. The molecule has 1 aromatic rings. The van der Waals surface area contributed by atoms with Crippen LogP contribution in [0.1, 0.15) is 20.8 Å². The van der Waals surface area contributed by atoms with E-state index in [-0.39, 0.29) is 12.5 Å². The lowest BCUT2D eigenvalue weighted by Crippen LogP contribution is -2.53. The van der Waals surface area contributed by atoms with Gasteiger partial charge in [-0.1, -0.05) is 0 Å². The molecule has 2 rings (SSSR count). The molecule has 0 aliphatic carbocycles. The molecule has 0 spiro atoms. The van der Waals surface area contributed by atoms with Gasteiger partial charge >= 0.3 is 6.09 Å². The zero-order valence-corrected chi connectivity index (χ0v) is 13.8. The van der Waals surface area contributed by atoms with Gasteiger partial charge in [0.25, 0.3) is 0 Å². The van der Waals surface area contributed by atoms with E-state index in [1.54, 1.807) is 32.9 Å². The summed E-state index contributed by atoms with van der Waals surface area (Å²) in [5.41, 5.74) is -0.575. The van der Waals surface area contributed by atoms with Crippen LogP contribution >= 0.6 is 15.9 Å². The van der Waals surface area contributed by atoms with Gasteiger partial charge in [-0.3, -0.25) is 14.6 Å². The standard InChI is InChI=1S/C13H17BrN4O3/c1-13(2,3)21-12(20)17-6-7-18(11(19)8-17)10-5-4-9(14)15-16-10/h4-5H,6-8H2,1-3H3. The van der Waals surface area contributed by atoms with Crippen molar-refractivity contribution in [1.29, 1.82) is 0 Å². The number of aromatic nitrogens is 2. The highest BCUT2D eigenvalue weighted by Gasteiger charge is 2.31. The summed E-state index contributed by atoms with van der Waals surface area (Å²) in [6.07, 6.45) is -0.475. The summed E-state index contributed by atoms with van der Waals surface area (Å²) in [4.78, 5) is 27.0. The number of hydrogen-bond acceptors (Lipinski definition) is 5. The smallest absolute Gasteiger partial charge is 0.410 e. The van der Waals surface area contributed by atoms with Crippen molar-refractivity contribution >= 4 is 33.7 Å². The fourth-order valence-corrected chi connectivity index (χ4v) is 2.06. The molecule has 114 valence electrons. The van der Waals surface area contributed by atoms with Crippen LogP contribution in [-0.4, -0.2) is 52.3 Å². The molecular weight excluding hydrogens is 340 g/mol. The molecule has 0 bridgehead atoms. The number of rotatable bonds is 1. The summed E-state index contributed by atoms with van der Waals surface area (Å²) in [7, 11) is 0. The van der Waals surface area contributed by atoms with Crippen molar-refractivity contribution < 1.29 is 14.3 Å². The molecule has 0 unspecified atom stereocenters. The Labute approximate surface area is 131 Å². The second-order valence-electron chi connectivity index (χ2n) is 5.66. The van der Waals surface area contributed by atoms with Crippen LogP contribution in [0.5, 0.6) is 0 Å². The normalized spacial score (nSPS) is 16.1. The van der Waals surface area contributed by atoms with E-state index >= 15 is 0 Å². The maximum atomic E-state index is 12.2. The third-order valence-corrected chi connectivity index (χ3v) is 3.19. The topological polar surface area (TPSA) is 75.6 Å². The number of halogens is 1. The van der Waals surface area contributed by atoms with Gasteiger partial charge in [0.1, 0.15) is 16.7 Å². The van der Waals surface area contributed by atoms with Gasteiger partial charge in [0, 0.05) is 13.1 Å². The van der Waals surface area contributed by atoms with Gasteiger partial charge in [-0.05, 0) is 48.8 Å². The van der Waals surface area contributed by atoms with Gasteiger partial charge in [-0.15, -0.1) is 10.2 Å². The van der Waals surface area contributed by atoms with Gasteiger partial charge < -0.3 is 4.74 Å². The van der Waals surface area contributed by atoms with E-state index in [4.69, 9.17) is 4.74 Å². The lowest BCUT2D eigenvalue weighted by atomic mass is 10.2. The van der Waals surface area contributed by atoms with Crippen molar-refractivity contribution in [1.82, 2.24) is 15.1 Å². The Hall–Kier alpha value is -1.70. The van der Waals surface area contributed by atoms with Gasteiger partial charge in [-0.2, -0.15) is 0 Å². The molecule has 2 heterocycles. The number of nitrogens with zero attached hydrogens (tertiary/aromatic N) is 4. The molecule has 8 heteroatoms. The number of hydrogen-bond donors (Lipinski definition) is 0. The molecular formula is C13H17BrN4O3. The number of amides is 2. The number of carbonyl (C=O) groups excluding carboxylic acids is 2. The fourth-order valence-electron chi connectivity index (χ4n) is 1.85. The minimum Gasteiger partial charge on any atom is -0.444 e. The van der Waals surface area contributed by atoms with Crippen LogP contribution in [0.2, 0.25) is 0 Å². The molecule has 1 aromatic heterocycles. The predicted molar refractivity (Wildman–Crippen MR) is 79.9 cm³/mol. The van der Waals surface area contributed by atoms with E-state index < -0.39 is 11.7 Å². The third-order valence-electron chi connectivity index (χ3n) is 2.77. The Balaban J connectivity index is 2.01. The number of ether oxygens (including phenoxy) is 1. The van der Waals surface area contributed by atoms with Crippen molar-refractivity contribution in [3.63, 3.8) is 0 Å². The highest BCUT2D eigenvalue weighted by atomic mass is 79.9. The van der Waals surface area contributed by atoms with Gasteiger partial charge in [0.15, 0.2) is 5.82 Å². The molecule has 21 heavy (non-hydrogen) atoms. The summed E-state index contributed by atoms with van der Waals surface area (Å²) >= 11 is 3.19. The highest BCUT2D eigenvalue weighted by molar-refractivity contribution is 9.10. The van der Waals surface area contributed by atoms with Crippen LogP contribution in [0.15, 0.2) is 16.7 Å². The first kappa shape index (κ1) is 15.7. The Morgan fingerprint density at radius 3 is 2.52 bits per heavy atom. The van der Waals surface area contributed by atoms with Crippen LogP contribution in [0.25, 0.3) is 0 Å². The quantitative estimate of drug-likeness (QED) is 0.767. The van der Waals surface area contributed by atoms with Gasteiger partial charge in [0.05, 0.1) is 0 Å². The van der Waals surface area contributed by atoms with E-state index in [0.29, 0.717) is 23.5 Å². The summed E-state index contributed by atoms with van der Waals surface area (Å²) in [6.45, 7) is 6.13. The van der Waals surface area contributed by atoms with E-state index in [1.165, 1.54) is 9.80 Å². The first-order chi connectivity index (χ1) is 9.76. The monoisotopic (exact) mass is 356 g/mol. The van der Waals surface area contributed by atoms with Crippen LogP contribution in [0.3, 0.4) is 0 Å². The molecule has 2 amide bonds. The Morgan fingerprint density at radius 2 is 2.00 bits per heavy atom. The van der Waals surface area contributed by atoms with Gasteiger partial charge in [0.2, 0.25) is 5.91 Å². The maximum Gasteiger partial charge on any atom is 0.410 e. The molecule has 1 fully saturated rings. The lowest BCUT2D eigenvalue weighted by Gasteiger charge is -2.34. The SMILES string of the molecule is CC(C)(C)OC(=O)N1CCN(c2ccc(Br)nn2)C(=O)C1. The van der Waals surface area contributed by atoms with Crippen molar-refractivity contribution in [2.75, 3.05) is 24.5 Å². The Bertz CT molecular complexity index is 541. The summed E-state index contributed by atoms with van der Waals surface area (Å²) in [5, 5.41) is 7.81. The van der Waals surface area contributed by atoms with Crippen molar-refractivity contribution in [2.24, 2.45) is 0 Å². The Morgan fingerprint density at radius 1 is 1.29 bits per heavy atom. The molecule has 0 aromatic carbocycles. The number of piperazine rings is 1. The number of carbonyl (C=O) groups is 2. The average molecular weight is 357 g/mol. The second-order valence-corrected chi connectivity index (χ2v) is 6.47. The van der Waals surface area contributed by atoms with Crippen molar-refractivity contribution in [3.8, 4) is 0 Å². The first-order valence-corrected chi connectivity index (χ1v) is 7.33. The van der Waals surface area contributed by atoms with E-state index in [2.05, 4.69) is 26.1 Å². The molecule has 7 nitrogen and oxygen atoms in total. The van der Waals surface area contributed by atoms with E-state index in [1.807, 2.05) is 0 Å². The zero-order valence-electron chi connectivity index (χ0n) is 12.2. The van der Waals surface area contributed by atoms with Crippen LogP contribution in [0, 0.1) is 0 Å². The minimum absolute atomic E-state index is 0.0212. The highest BCUT2D eigenvalue weighted by Crippen LogP contribution is 2.17. The molecule has 0 radical (unpaired) electrons. The molecule has 0 saturated carbocycles. The lowest BCUT2D eigenvalue weighted by molar-refractivity contribution is -0.121. The third kappa shape index (κ3) is 4.13. The minimum atomic E-state index is -0.575. The van der Waals surface area contributed by atoms with Crippen molar-refractivity contribution in [3.05, 3.63) is 16.7 Å². The first-order valence-electron chi connectivity index (χ1n) is 6.54. The second kappa shape index (κ2) is 5.97. The van der Waals surface area contributed by atoms with E-state index in [0.717, 1.165) is 0 Å². The van der Waals surface area contributed by atoms with Crippen LogP contribution < -0.4 is 4.90 Å². The summed E-state index contributed by atoms with van der Waals surface area (Å²) in [6, 6.07) is 3.42. The maximum absolute atomic E-state index is 12.2. The molecule has 0 atom stereocenters. The average Bonchev–Trinajstić information content (AvgIpc) is 2.38. The number of anilines is 1. The summed E-state index contributed by atoms with van der Waals surface area (Å²) in [5.74, 6) is 0.274. The Kier molecular flexibility index (Phi) is 4.46. The zero-order chi connectivity index (χ0) is 15.6. The largest absolute Gasteiger partial charge is 0.444 e. The van der Waals surface area contributed by atoms with E-state index in [9.17, 15) is 9.59 Å². The molecule has 0 N–H and O–H groups in total. The van der Waals surface area contributed by atoms with Gasteiger partial charge in [-0.25, -0.2) is 4.79 Å². The fraction of sp³-hybridized carbons (Fsp3) is 0.538. The summed E-state index contributed by atoms with van der Waals surface area (Å²) < 4.78 is 5.87. The predicted octanol–water partition coefficient (Wildman–Crippen LogP) is 1.82. The molecule has 1 aliphatic rings. The molecule has 1 aliphatic heterocycles. The van der Waals surface area contributed by atoms with Crippen LogP contribution in [0.4, 0.5) is 10.6 Å². The van der Waals surface area contributed by atoms with Crippen molar-refractivity contribution in [2.45, 2.75) is 26.4 Å². The van der Waals surface area contributed by atoms with Crippen LogP contribution in [-0.2, 0) is 9.53 Å².